The number of nitrogens with one attached hydrogen (secondary N) is 1. The molecular weight excluding hydrogens is 376 g/mol. The Hall–Kier alpha value is -1.62. The third-order valence-electron chi connectivity index (χ3n) is 4.88. The SMILES string of the molecule is O=C(Cc1ccc(Cl)c(Cl)c1)NCC1(c2ccc(F)cc2)CCOCC1. The molecule has 0 aromatic heterocycles. The van der Waals surface area contributed by atoms with Gasteiger partial charge in [0.15, 0.2) is 0 Å². The lowest BCUT2D eigenvalue weighted by molar-refractivity contribution is -0.120. The van der Waals surface area contributed by atoms with Crippen LogP contribution in [0, 0.1) is 5.82 Å². The molecule has 26 heavy (non-hydrogen) atoms. The van der Waals surface area contributed by atoms with Crippen molar-refractivity contribution in [2.45, 2.75) is 24.7 Å². The largest absolute Gasteiger partial charge is 0.381 e. The van der Waals surface area contributed by atoms with Crippen LogP contribution in [0.1, 0.15) is 24.0 Å². The molecule has 3 rings (SSSR count). The van der Waals surface area contributed by atoms with E-state index in [0.717, 1.165) is 24.0 Å². The van der Waals surface area contributed by atoms with Crippen LogP contribution in [0.3, 0.4) is 0 Å². The van der Waals surface area contributed by atoms with Gasteiger partial charge in [-0.1, -0.05) is 41.4 Å². The van der Waals surface area contributed by atoms with E-state index in [-0.39, 0.29) is 23.6 Å². The topological polar surface area (TPSA) is 38.3 Å². The first-order valence-corrected chi connectivity index (χ1v) is 9.29. The molecule has 1 fully saturated rings. The molecule has 2 aromatic carbocycles. The molecule has 138 valence electrons. The van der Waals surface area contributed by atoms with E-state index in [2.05, 4.69) is 5.32 Å². The molecule has 1 saturated heterocycles. The highest BCUT2D eigenvalue weighted by Gasteiger charge is 2.34. The molecule has 1 heterocycles. The summed E-state index contributed by atoms with van der Waals surface area (Å²) >= 11 is 11.9. The highest BCUT2D eigenvalue weighted by Crippen LogP contribution is 2.34. The maximum Gasteiger partial charge on any atom is 0.224 e. The first kappa shape index (κ1) is 19.2. The Morgan fingerprint density at radius 2 is 1.77 bits per heavy atom. The van der Waals surface area contributed by atoms with Crippen molar-refractivity contribution < 1.29 is 13.9 Å². The number of carbonyl (C=O) groups is 1. The van der Waals surface area contributed by atoms with Crippen LogP contribution in [0.4, 0.5) is 4.39 Å². The van der Waals surface area contributed by atoms with Crippen molar-refractivity contribution in [1.82, 2.24) is 5.32 Å². The van der Waals surface area contributed by atoms with Gasteiger partial charge in [0.25, 0.3) is 0 Å². The van der Waals surface area contributed by atoms with Gasteiger partial charge in [-0.25, -0.2) is 4.39 Å². The van der Waals surface area contributed by atoms with Gasteiger partial charge in [0, 0.05) is 25.2 Å². The molecule has 0 unspecified atom stereocenters. The third-order valence-corrected chi connectivity index (χ3v) is 5.62. The number of hydrogen-bond acceptors (Lipinski definition) is 2. The lowest BCUT2D eigenvalue weighted by Gasteiger charge is -2.38. The zero-order chi connectivity index (χ0) is 18.6. The van der Waals surface area contributed by atoms with Gasteiger partial charge in [0.1, 0.15) is 5.82 Å². The Bertz CT molecular complexity index is 774. The van der Waals surface area contributed by atoms with Crippen molar-refractivity contribution in [3.05, 3.63) is 69.5 Å². The number of amides is 1. The van der Waals surface area contributed by atoms with Gasteiger partial charge in [-0.3, -0.25) is 4.79 Å². The monoisotopic (exact) mass is 395 g/mol. The summed E-state index contributed by atoms with van der Waals surface area (Å²) in [7, 11) is 0. The molecule has 1 amide bonds. The van der Waals surface area contributed by atoms with Crippen LogP contribution in [0.25, 0.3) is 0 Å². The van der Waals surface area contributed by atoms with E-state index in [0.29, 0.717) is 29.8 Å². The number of halogens is 3. The predicted molar refractivity (Wildman–Crippen MR) is 101 cm³/mol. The molecule has 1 aliphatic heterocycles. The maximum absolute atomic E-state index is 13.3. The zero-order valence-corrected chi connectivity index (χ0v) is 15.7. The Balaban J connectivity index is 1.68. The minimum atomic E-state index is -0.264. The molecule has 0 saturated carbocycles. The number of hydrogen-bond donors (Lipinski definition) is 1. The fraction of sp³-hybridized carbons (Fsp3) is 0.350. The molecule has 6 heteroatoms. The summed E-state index contributed by atoms with van der Waals surface area (Å²) in [4.78, 5) is 12.4. The summed E-state index contributed by atoms with van der Waals surface area (Å²) in [5, 5.41) is 3.92. The summed E-state index contributed by atoms with van der Waals surface area (Å²) in [5.41, 5.74) is 1.59. The summed E-state index contributed by atoms with van der Waals surface area (Å²) in [6.07, 6.45) is 1.80. The number of benzene rings is 2. The van der Waals surface area contributed by atoms with Gasteiger partial charge in [-0.05, 0) is 48.2 Å². The van der Waals surface area contributed by atoms with Gasteiger partial charge in [0.05, 0.1) is 16.5 Å². The van der Waals surface area contributed by atoms with Gasteiger partial charge in [-0.2, -0.15) is 0 Å². The minimum Gasteiger partial charge on any atom is -0.381 e. The smallest absolute Gasteiger partial charge is 0.224 e. The fourth-order valence-electron chi connectivity index (χ4n) is 3.30. The van der Waals surface area contributed by atoms with Crippen LogP contribution in [-0.4, -0.2) is 25.7 Å². The number of rotatable bonds is 5. The van der Waals surface area contributed by atoms with E-state index in [9.17, 15) is 9.18 Å². The minimum absolute atomic E-state index is 0.0867. The fourth-order valence-corrected chi connectivity index (χ4v) is 3.62. The Morgan fingerprint density at radius 1 is 1.08 bits per heavy atom. The second-order valence-corrected chi connectivity index (χ2v) is 7.42. The summed E-state index contributed by atoms with van der Waals surface area (Å²) in [6.45, 7) is 1.74. The highest BCUT2D eigenvalue weighted by atomic mass is 35.5. The van der Waals surface area contributed by atoms with E-state index >= 15 is 0 Å². The van der Waals surface area contributed by atoms with Crippen molar-refractivity contribution >= 4 is 29.1 Å². The Labute approximate surface area is 162 Å². The average Bonchev–Trinajstić information content (AvgIpc) is 2.64. The Morgan fingerprint density at radius 3 is 2.42 bits per heavy atom. The predicted octanol–water partition coefficient (Wildman–Crippen LogP) is 4.54. The van der Waals surface area contributed by atoms with Crippen molar-refractivity contribution in [2.24, 2.45) is 0 Å². The van der Waals surface area contributed by atoms with Gasteiger partial charge in [0.2, 0.25) is 5.91 Å². The quantitative estimate of drug-likeness (QED) is 0.806. The van der Waals surface area contributed by atoms with E-state index in [1.54, 1.807) is 30.3 Å². The highest BCUT2D eigenvalue weighted by molar-refractivity contribution is 6.42. The average molecular weight is 396 g/mol. The molecule has 3 nitrogen and oxygen atoms in total. The second kappa shape index (κ2) is 8.38. The van der Waals surface area contributed by atoms with Crippen LogP contribution < -0.4 is 5.32 Å². The number of ether oxygens (including phenoxy) is 1. The lowest BCUT2D eigenvalue weighted by atomic mass is 9.74. The second-order valence-electron chi connectivity index (χ2n) is 6.60. The maximum atomic E-state index is 13.3. The molecule has 0 spiro atoms. The lowest BCUT2D eigenvalue weighted by Crippen LogP contribution is -2.45. The standard InChI is InChI=1S/C20H20Cl2FNO2/c21-17-6-1-14(11-18(17)22)12-19(25)24-13-20(7-9-26-10-8-20)15-2-4-16(23)5-3-15/h1-6,11H,7-10,12-13H2,(H,24,25). The van der Waals surface area contributed by atoms with Crippen molar-refractivity contribution in [3.8, 4) is 0 Å². The molecule has 1 N–H and O–H groups in total. The van der Waals surface area contributed by atoms with Crippen LogP contribution in [0.15, 0.2) is 42.5 Å². The summed E-state index contributed by atoms with van der Waals surface area (Å²) in [6, 6.07) is 11.7. The molecule has 2 aromatic rings. The summed E-state index contributed by atoms with van der Waals surface area (Å²) < 4.78 is 18.8. The molecule has 1 aliphatic rings. The van der Waals surface area contributed by atoms with E-state index in [4.69, 9.17) is 27.9 Å². The van der Waals surface area contributed by atoms with Crippen molar-refractivity contribution in [1.29, 1.82) is 0 Å². The van der Waals surface area contributed by atoms with Crippen LogP contribution in [-0.2, 0) is 21.4 Å². The van der Waals surface area contributed by atoms with Gasteiger partial charge in [-0.15, -0.1) is 0 Å². The first-order chi connectivity index (χ1) is 12.5. The first-order valence-electron chi connectivity index (χ1n) is 8.53. The van der Waals surface area contributed by atoms with E-state index < -0.39 is 0 Å². The third kappa shape index (κ3) is 4.56. The summed E-state index contributed by atoms with van der Waals surface area (Å²) in [5.74, 6) is -0.351. The van der Waals surface area contributed by atoms with E-state index in [1.807, 2.05) is 0 Å². The normalized spacial score (nSPS) is 16.3. The Kier molecular flexibility index (Phi) is 6.17. The van der Waals surface area contributed by atoms with Crippen LogP contribution >= 0.6 is 23.2 Å². The molecule has 0 bridgehead atoms. The number of carbonyl (C=O) groups excluding carboxylic acids is 1. The van der Waals surface area contributed by atoms with Crippen LogP contribution in [0.2, 0.25) is 10.0 Å². The van der Waals surface area contributed by atoms with Crippen molar-refractivity contribution in [3.63, 3.8) is 0 Å². The molecule has 0 radical (unpaired) electrons. The molecular formula is C20H20Cl2FNO2. The van der Waals surface area contributed by atoms with Crippen LogP contribution in [0.5, 0.6) is 0 Å². The van der Waals surface area contributed by atoms with Gasteiger partial charge < -0.3 is 10.1 Å². The molecule has 0 aliphatic carbocycles. The zero-order valence-electron chi connectivity index (χ0n) is 14.2. The van der Waals surface area contributed by atoms with Gasteiger partial charge >= 0.3 is 0 Å². The molecule has 0 atom stereocenters. The van der Waals surface area contributed by atoms with Crippen molar-refractivity contribution in [2.75, 3.05) is 19.8 Å². The van der Waals surface area contributed by atoms with E-state index in [1.165, 1.54) is 12.1 Å².